The van der Waals surface area contributed by atoms with Gasteiger partial charge < -0.3 is 21.3 Å². The summed E-state index contributed by atoms with van der Waals surface area (Å²) in [7, 11) is 0. The van der Waals surface area contributed by atoms with Crippen LogP contribution in [0.25, 0.3) is 0 Å². The normalized spacial score (nSPS) is 15.6. The monoisotopic (exact) mass is 569 g/mol. The van der Waals surface area contributed by atoms with Gasteiger partial charge in [-0.05, 0) is 51.1 Å². The average Bonchev–Trinajstić information content (AvgIpc) is 3.55. The lowest BCUT2D eigenvalue weighted by Gasteiger charge is -2.13. The summed E-state index contributed by atoms with van der Waals surface area (Å²) >= 11 is 6.59. The highest BCUT2D eigenvalue weighted by atomic mass is 35.5. The summed E-state index contributed by atoms with van der Waals surface area (Å²) in [6.07, 6.45) is 0.768. The molecule has 1 aliphatic rings. The van der Waals surface area contributed by atoms with Crippen molar-refractivity contribution in [2.75, 3.05) is 25.0 Å². The largest absolute Gasteiger partial charge is 0.417 e. The Kier molecular flexibility index (Phi) is 10.00. The third-order valence-electron chi connectivity index (χ3n) is 5.58. The van der Waals surface area contributed by atoms with Gasteiger partial charge >= 0.3 is 6.18 Å². The van der Waals surface area contributed by atoms with Gasteiger partial charge in [-0.25, -0.2) is 15.0 Å². The zero-order valence-electron chi connectivity index (χ0n) is 20.5. The summed E-state index contributed by atoms with van der Waals surface area (Å²) in [6, 6.07) is 2.47. The fraction of sp³-hybridized carbons (Fsp3) is 0.375. The SMILES string of the molecule is C=C(/N=C\N=C(\N)CCN1CCCC1)C(=O)N[C@H](C)c1ncc(C(=O)Nc2ccc(Cl)c(C(F)(F)F)c2)s1. The van der Waals surface area contributed by atoms with E-state index in [0.29, 0.717) is 17.3 Å². The number of amides is 2. The number of carbonyl (C=O) groups is 2. The predicted molar refractivity (Wildman–Crippen MR) is 143 cm³/mol. The van der Waals surface area contributed by atoms with E-state index in [4.69, 9.17) is 17.3 Å². The fourth-order valence-electron chi connectivity index (χ4n) is 3.52. The first-order valence-corrected chi connectivity index (χ1v) is 12.8. The maximum Gasteiger partial charge on any atom is 0.417 e. The van der Waals surface area contributed by atoms with Crippen LogP contribution in [-0.4, -0.2) is 53.5 Å². The molecule has 0 aliphatic carbocycles. The third-order valence-corrected chi connectivity index (χ3v) is 7.09. The van der Waals surface area contributed by atoms with Crippen molar-refractivity contribution in [1.29, 1.82) is 0 Å². The molecule has 0 saturated carbocycles. The minimum absolute atomic E-state index is 0.0727. The lowest BCUT2D eigenvalue weighted by atomic mass is 10.2. The number of carbonyl (C=O) groups excluding carboxylic acids is 2. The lowest BCUT2D eigenvalue weighted by molar-refractivity contribution is -0.137. The fourth-order valence-corrected chi connectivity index (χ4v) is 4.56. The van der Waals surface area contributed by atoms with Crippen molar-refractivity contribution < 1.29 is 22.8 Å². The number of rotatable bonds is 10. The number of nitrogens with two attached hydrogens (primary N) is 1. The van der Waals surface area contributed by atoms with Gasteiger partial charge in [0.2, 0.25) is 0 Å². The molecule has 1 atom stereocenters. The topological polar surface area (TPSA) is 125 Å². The molecule has 1 aliphatic heterocycles. The molecule has 9 nitrogen and oxygen atoms in total. The molecule has 1 aromatic carbocycles. The summed E-state index contributed by atoms with van der Waals surface area (Å²) in [5.74, 6) is -0.817. The van der Waals surface area contributed by atoms with E-state index in [9.17, 15) is 22.8 Å². The molecule has 38 heavy (non-hydrogen) atoms. The van der Waals surface area contributed by atoms with Crippen LogP contribution in [0.1, 0.15) is 52.5 Å². The minimum atomic E-state index is -4.66. The van der Waals surface area contributed by atoms with Gasteiger partial charge in [-0.2, -0.15) is 13.2 Å². The van der Waals surface area contributed by atoms with Gasteiger partial charge in [-0.1, -0.05) is 18.2 Å². The highest BCUT2D eigenvalue weighted by Gasteiger charge is 2.33. The van der Waals surface area contributed by atoms with E-state index in [-0.39, 0.29) is 16.3 Å². The molecular formula is C24H27ClF3N7O2S. The molecule has 0 spiro atoms. The lowest BCUT2D eigenvalue weighted by Crippen LogP contribution is -2.27. The summed E-state index contributed by atoms with van der Waals surface area (Å²) in [5.41, 5.74) is 4.66. The van der Waals surface area contributed by atoms with Crippen LogP contribution in [0.3, 0.4) is 0 Å². The van der Waals surface area contributed by atoms with Gasteiger partial charge in [-0.15, -0.1) is 11.3 Å². The van der Waals surface area contributed by atoms with Crippen LogP contribution < -0.4 is 16.4 Å². The van der Waals surface area contributed by atoms with Crippen molar-refractivity contribution in [1.82, 2.24) is 15.2 Å². The molecule has 1 saturated heterocycles. The molecule has 2 amide bonds. The third kappa shape index (κ3) is 8.36. The van der Waals surface area contributed by atoms with Crippen LogP contribution in [0.15, 0.2) is 46.7 Å². The van der Waals surface area contributed by atoms with Gasteiger partial charge in [0.15, 0.2) is 0 Å². The van der Waals surface area contributed by atoms with Gasteiger partial charge in [0.1, 0.15) is 27.8 Å². The highest BCUT2D eigenvalue weighted by Crippen LogP contribution is 2.36. The van der Waals surface area contributed by atoms with E-state index in [2.05, 4.69) is 37.1 Å². The molecule has 0 radical (unpaired) electrons. The number of amidine groups is 1. The molecule has 0 bridgehead atoms. The van der Waals surface area contributed by atoms with Crippen LogP contribution in [0, 0.1) is 0 Å². The second kappa shape index (κ2) is 13.0. The standard InChI is InChI=1S/C24H27ClF3N7O2S/c1-14(31-13-32-20(29)7-10-35-8-3-4-9-35)21(36)33-15(2)23-30-12-19(38-23)22(37)34-16-5-6-18(25)17(11-16)24(26,27)28/h5-6,11-13,15H,1,3-4,7-10H2,2H3,(H,33,36)(H,34,37)(H2,29,31,32)/t15-/m1/s1. The average molecular weight is 570 g/mol. The number of thiazole rings is 1. The molecule has 14 heteroatoms. The minimum Gasteiger partial charge on any atom is -0.387 e. The number of hydrogen-bond acceptors (Lipinski definition) is 6. The number of nitrogens with one attached hydrogen (secondary N) is 2. The zero-order valence-corrected chi connectivity index (χ0v) is 22.1. The second-order valence-corrected chi connectivity index (χ2v) is 9.98. The quantitative estimate of drug-likeness (QED) is 0.219. The maximum atomic E-state index is 13.1. The van der Waals surface area contributed by atoms with Gasteiger partial charge in [-0.3, -0.25) is 9.59 Å². The number of aromatic nitrogens is 1. The van der Waals surface area contributed by atoms with E-state index < -0.39 is 34.6 Å². The molecule has 2 heterocycles. The van der Waals surface area contributed by atoms with E-state index >= 15 is 0 Å². The summed E-state index contributed by atoms with van der Waals surface area (Å²) in [4.78, 5) is 39.5. The van der Waals surface area contributed by atoms with Crippen LogP contribution in [0.5, 0.6) is 0 Å². The highest BCUT2D eigenvalue weighted by molar-refractivity contribution is 7.13. The van der Waals surface area contributed by atoms with Crippen molar-refractivity contribution >= 4 is 52.6 Å². The summed E-state index contributed by atoms with van der Waals surface area (Å²) in [6.45, 7) is 8.22. The van der Waals surface area contributed by atoms with Gasteiger partial charge in [0, 0.05) is 18.7 Å². The Balaban J connectivity index is 1.52. The van der Waals surface area contributed by atoms with Crippen LogP contribution in [0.4, 0.5) is 18.9 Å². The zero-order chi connectivity index (χ0) is 27.9. The van der Waals surface area contributed by atoms with Crippen LogP contribution >= 0.6 is 22.9 Å². The Labute approximate surface area is 226 Å². The van der Waals surface area contributed by atoms with Crippen molar-refractivity contribution in [3.63, 3.8) is 0 Å². The number of nitrogens with zero attached hydrogens (tertiary/aromatic N) is 4. The number of anilines is 1. The smallest absolute Gasteiger partial charge is 0.387 e. The molecule has 4 N–H and O–H groups in total. The first-order valence-electron chi connectivity index (χ1n) is 11.6. The Morgan fingerprint density at radius 3 is 2.74 bits per heavy atom. The Hall–Kier alpha value is -3.29. The predicted octanol–water partition coefficient (Wildman–Crippen LogP) is 4.63. The first-order chi connectivity index (χ1) is 17.9. The summed E-state index contributed by atoms with van der Waals surface area (Å²) in [5, 5.41) is 4.99. The summed E-state index contributed by atoms with van der Waals surface area (Å²) < 4.78 is 39.2. The van der Waals surface area contributed by atoms with Gasteiger partial charge in [0.25, 0.3) is 11.8 Å². The number of halogens is 4. The van der Waals surface area contributed by atoms with E-state index in [1.165, 1.54) is 31.4 Å². The first kappa shape index (κ1) is 29.3. The number of hydrogen-bond donors (Lipinski definition) is 3. The number of alkyl halides is 3. The Bertz CT molecular complexity index is 1240. The van der Waals surface area contributed by atoms with E-state index in [1.807, 2.05) is 0 Å². The molecule has 204 valence electrons. The van der Waals surface area contributed by atoms with E-state index in [0.717, 1.165) is 43.1 Å². The molecular weight excluding hydrogens is 543 g/mol. The van der Waals surface area contributed by atoms with Crippen molar-refractivity contribution in [3.05, 3.63) is 57.1 Å². The van der Waals surface area contributed by atoms with Crippen molar-refractivity contribution in [2.45, 2.75) is 38.4 Å². The molecule has 1 fully saturated rings. The van der Waals surface area contributed by atoms with Crippen molar-refractivity contribution in [2.24, 2.45) is 15.7 Å². The molecule has 2 aromatic rings. The van der Waals surface area contributed by atoms with Gasteiger partial charge in [0.05, 0.1) is 22.8 Å². The van der Waals surface area contributed by atoms with Crippen LogP contribution in [0.2, 0.25) is 5.02 Å². The Morgan fingerprint density at radius 1 is 1.34 bits per heavy atom. The number of benzene rings is 1. The maximum absolute atomic E-state index is 13.1. The molecule has 3 rings (SSSR count). The number of likely N-dealkylation sites (tertiary alicyclic amines) is 1. The van der Waals surface area contributed by atoms with Crippen LogP contribution in [-0.2, 0) is 11.0 Å². The molecule has 0 unspecified atom stereocenters. The van der Waals surface area contributed by atoms with E-state index in [1.54, 1.807) is 6.92 Å². The Morgan fingerprint density at radius 2 is 2.05 bits per heavy atom. The number of aliphatic imine (C=N–C) groups is 2. The van der Waals surface area contributed by atoms with Crippen molar-refractivity contribution in [3.8, 4) is 0 Å². The second-order valence-electron chi connectivity index (χ2n) is 8.51. The molecule has 1 aromatic heterocycles.